The fourth-order valence-corrected chi connectivity index (χ4v) is 2.86. The second-order valence-electron chi connectivity index (χ2n) is 5.45. The molecule has 1 heterocycles. The number of hydrogen-bond donors (Lipinski definition) is 1. The van der Waals surface area contributed by atoms with E-state index in [9.17, 15) is 0 Å². The summed E-state index contributed by atoms with van der Waals surface area (Å²) in [6.45, 7) is 0.942. The summed E-state index contributed by atoms with van der Waals surface area (Å²) in [5.41, 5.74) is 3.26. The minimum Gasteiger partial charge on any atom is -0.310 e. The zero-order chi connectivity index (χ0) is 12.9. The Bertz CT molecular complexity index is 530. The lowest BCUT2D eigenvalue weighted by atomic mass is 10.1. The molecule has 0 unspecified atom stereocenters. The molecule has 19 heavy (non-hydrogen) atoms. The Morgan fingerprint density at radius 3 is 2.47 bits per heavy atom. The van der Waals surface area contributed by atoms with E-state index >= 15 is 0 Å². The monoisotopic (exact) mass is 255 g/mol. The van der Waals surface area contributed by atoms with Crippen LogP contribution < -0.4 is 5.32 Å². The normalized spacial score (nSPS) is 17.5. The quantitative estimate of drug-likeness (QED) is 0.854. The van der Waals surface area contributed by atoms with Crippen molar-refractivity contribution in [3.8, 4) is 0 Å². The second-order valence-corrected chi connectivity index (χ2v) is 5.45. The SMILES string of the molecule is c1cnc2cc(CNC3CCCCCC3)ccc2n1. The van der Waals surface area contributed by atoms with Gasteiger partial charge < -0.3 is 5.32 Å². The zero-order valence-electron chi connectivity index (χ0n) is 11.3. The van der Waals surface area contributed by atoms with Crippen molar-refractivity contribution in [2.75, 3.05) is 0 Å². The Balaban J connectivity index is 1.64. The van der Waals surface area contributed by atoms with Crippen LogP contribution in [-0.2, 0) is 6.54 Å². The predicted octanol–water partition coefficient (Wildman–Crippen LogP) is 3.44. The standard InChI is InChI=1S/C16H21N3/c1-2-4-6-14(5-3-1)19-12-13-7-8-15-16(11-13)18-10-9-17-15/h7-11,14,19H,1-6,12H2. The van der Waals surface area contributed by atoms with Crippen molar-refractivity contribution in [2.45, 2.75) is 51.1 Å². The predicted molar refractivity (Wildman–Crippen MR) is 77.9 cm³/mol. The Labute approximate surface area is 114 Å². The van der Waals surface area contributed by atoms with Crippen LogP contribution in [0.5, 0.6) is 0 Å². The maximum Gasteiger partial charge on any atom is 0.0890 e. The van der Waals surface area contributed by atoms with Crippen LogP contribution in [0.15, 0.2) is 30.6 Å². The lowest BCUT2D eigenvalue weighted by molar-refractivity contribution is 0.459. The van der Waals surface area contributed by atoms with Crippen LogP contribution >= 0.6 is 0 Å². The fourth-order valence-electron chi connectivity index (χ4n) is 2.86. The molecular weight excluding hydrogens is 234 g/mol. The van der Waals surface area contributed by atoms with Gasteiger partial charge in [-0.2, -0.15) is 0 Å². The summed E-state index contributed by atoms with van der Waals surface area (Å²) in [6.07, 6.45) is 11.7. The first-order chi connectivity index (χ1) is 9.42. The number of rotatable bonds is 3. The maximum atomic E-state index is 4.36. The molecule has 0 amide bonds. The molecule has 0 bridgehead atoms. The summed E-state index contributed by atoms with van der Waals surface area (Å²) in [5, 5.41) is 3.69. The van der Waals surface area contributed by atoms with E-state index in [-0.39, 0.29) is 0 Å². The molecule has 0 saturated heterocycles. The molecule has 1 aliphatic rings. The van der Waals surface area contributed by atoms with Crippen molar-refractivity contribution in [1.82, 2.24) is 15.3 Å². The third-order valence-corrected chi connectivity index (χ3v) is 3.98. The first-order valence-corrected chi connectivity index (χ1v) is 7.35. The highest BCUT2D eigenvalue weighted by Gasteiger charge is 2.11. The molecule has 2 aromatic rings. The van der Waals surface area contributed by atoms with Crippen molar-refractivity contribution in [3.63, 3.8) is 0 Å². The summed E-state index contributed by atoms with van der Waals surface area (Å²) in [5.74, 6) is 0. The first-order valence-electron chi connectivity index (χ1n) is 7.35. The summed E-state index contributed by atoms with van der Waals surface area (Å²) in [4.78, 5) is 8.66. The van der Waals surface area contributed by atoms with Gasteiger partial charge in [-0.1, -0.05) is 31.7 Å². The molecule has 1 aromatic carbocycles. The lowest BCUT2D eigenvalue weighted by Crippen LogP contribution is -2.27. The van der Waals surface area contributed by atoms with E-state index in [1.165, 1.54) is 44.1 Å². The highest BCUT2D eigenvalue weighted by atomic mass is 14.9. The van der Waals surface area contributed by atoms with Gasteiger partial charge in [-0.25, -0.2) is 0 Å². The topological polar surface area (TPSA) is 37.8 Å². The van der Waals surface area contributed by atoms with Gasteiger partial charge in [0.05, 0.1) is 11.0 Å². The first kappa shape index (κ1) is 12.5. The molecule has 1 fully saturated rings. The van der Waals surface area contributed by atoms with Gasteiger partial charge in [0.25, 0.3) is 0 Å². The van der Waals surface area contributed by atoms with E-state index in [0.717, 1.165) is 17.6 Å². The molecule has 1 aromatic heterocycles. The van der Waals surface area contributed by atoms with E-state index in [2.05, 4.69) is 33.5 Å². The van der Waals surface area contributed by atoms with Crippen LogP contribution in [0.1, 0.15) is 44.1 Å². The molecule has 0 spiro atoms. The average molecular weight is 255 g/mol. The van der Waals surface area contributed by atoms with Crippen molar-refractivity contribution >= 4 is 11.0 Å². The summed E-state index contributed by atoms with van der Waals surface area (Å²) >= 11 is 0. The van der Waals surface area contributed by atoms with Gasteiger partial charge in [-0.15, -0.1) is 0 Å². The van der Waals surface area contributed by atoms with E-state index in [1.54, 1.807) is 12.4 Å². The smallest absolute Gasteiger partial charge is 0.0890 e. The number of benzene rings is 1. The lowest BCUT2D eigenvalue weighted by Gasteiger charge is -2.16. The fraction of sp³-hybridized carbons (Fsp3) is 0.500. The third-order valence-electron chi connectivity index (χ3n) is 3.98. The molecule has 1 N–H and O–H groups in total. The van der Waals surface area contributed by atoms with Crippen LogP contribution in [0, 0.1) is 0 Å². The number of aromatic nitrogens is 2. The van der Waals surface area contributed by atoms with Gasteiger partial charge in [-0.05, 0) is 30.5 Å². The highest BCUT2D eigenvalue weighted by Crippen LogP contribution is 2.18. The summed E-state index contributed by atoms with van der Waals surface area (Å²) in [6, 6.07) is 7.05. The largest absolute Gasteiger partial charge is 0.310 e. The van der Waals surface area contributed by atoms with E-state index in [4.69, 9.17) is 0 Å². The Morgan fingerprint density at radius 1 is 0.947 bits per heavy atom. The van der Waals surface area contributed by atoms with Crippen LogP contribution in [0.2, 0.25) is 0 Å². The van der Waals surface area contributed by atoms with Gasteiger partial charge >= 0.3 is 0 Å². The highest BCUT2D eigenvalue weighted by molar-refractivity contribution is 5.74. The average Bonchev–Trinajstić information content (AvgIpc) is 2.73. The second kappa shape index (κ2) is 6.11. The number of nitrogens with one attached hydrogen (secondary N) is 1. The molecule has 0 atom stereocenters. The third kappa shape index (κ3) is 3.29. The van der Waals surface area contributed by atoms with Crippen molar-refractivity contribution in [1.29, 1.82) is 0 Å². The van der Waals surface area contributed by atoms with Gasteiger partial charge in [0.2, 0.25) is 0 Å². The molecule has 3 heteroatoms. The van der Waals surface area contributed by atoms with Gasteiger partial charge in [0, 0.05) is 25.0 Å². The van der Waals surface area contributed by atoms with Crippen LogP contribution in [0.3, 0.4) is 0 Å². The molecule has 3 nitrogen and oxygen atoms in total. The Kier molecular flexibility index (Phi) is 4.04. The van der Waals surface area contributed by atoms with E-state index < -0.39 is 0 Å². The van der Waals surface area contributed by atoms with Gasteiger partial charge in [-0.3, -0.25) is 9.97 Å². The number of nitrogens with zero attached hydrogens (tertiary/aromatic N) is 2. The van der Waals surface area contributed by atoms with Crippen LogP contribution in [0.25, 0.3) is 11.0 Å². The molecule has 1 saturated carbocycles. The van der Waals surface area contributed by atoms with Crippen LogP contribution in [-0.4, -0.2) is 16.0 Å². The molecule has 100 valence electrons. The van der Waals surface area contributed by atoms with Gasteiger partial charge in [0.15, 0.2) is 0 Å². The van der Waals surface area contributed by atoms with Crippen molar-refractivity contribution in [3.05, 3.63) is 36.2 Å². The molecule has 0 radical (unpaired) electrons. The van der Waals surface area contributed by atoms with Crippen molar-refractivity contribution in [2.24, 2.45) is 0 Å². The molecule has 1 aliphatic carbocycles. The summed E-state index contributed by atoms with van der Waals surface area (Å²) < 4.78 is 0. The summed E-state index contributed by atoms with van der Waals surface area (Å²) in [7, 11) is 0. The zero-order valence-corrected chi connectivity index (χ0v) is 11.3. The number of fused-ring (bicyclic) bond motifs is 1. The minimum absolute atomic E-state index is 0.694. The van der Waals surface area contributed by atoms with Crippen LogP contribution in [0.4, 0.5) is 0 Å². The number of hydrogen-bond acceptors (Lipinski definition) is 3. The minimum atomic E-state index is 0.694. The van der Waals surface area contributed by atoms with Crippen molar-refractivity contribution < 1.29 is 0 Å². The molecule has 3 rings (SSSR count). The Hall–Kier alpha value is -1.48. The Morgan fingerprint density at radius 2 is 1.68 bits per heavy atom. The maximum absolute atomic E-state index is 4.36. The van der Waals surface area contributed by atoms with E-state index in [1.807, 2.05) is 0 Å². The molecular formula is C16H21N3. The van der Waals surface area contributed by atoms with E-state index in [0.29, 0.717) is 6.04 Å². The van der Waals surface area contributed by atoms with Gasteiger partial charge in [0.1, 0.15) is 0 Å². The molecule has 0 aliphatic heterocycles.